The molecular formula is C23H27FN6O. The number of carbonyl (C=O) groups is 1. The van der Waals surface area contributed by atoms with Crippen molar-refractivity contribution >= 4 is 29.8 Å². The lowest BCUT2D eigenvalue weighted by atomic mass is 10.0. The molecule has 0 atom stereocenters. The Morgan fingerprint density at radius 1 is 1.23 bits per heavy atom. The van der Waals surface area contributed by atoms with Gasteiger partial charge in [0.2, 0.25) is 6.41 Å². The van der Waals surface area contributed by atoms with Crippen LogP contribution in [-0.2, 0) is 4.79 Å². The molecule has 162 valence electrons. The number of hydrogen-bond donors (Lipinski definition) is 2. The number of pyridine rings is 1. The summed E-state index contributed by atoms with van der Waals surface area (Å²) in [5, 5.41) is 6.49. The van der Waals surface area contributed by atoms with Crippen molar-refractivity contribution in [1.29, 1.82) is 0 Å². The van der Waals surface area contributed by atoms with E-state index in [2.05, 4.69) is 20.6 Å². The summed E-state index contributed by atoms with van der Waals surface area (Å²) in [7, 11) is 1.84. The van der Waals surface area contributed by atoms with Crippen LogP contribution in [0, 0.1) is 19.7 Å². The molecule has 1 fully saturated rings. The second kappa shape index (κ2) is 8.85. The molecule has 1 aliphatic rings. The quantitative estimate of drug-likeness (QED) is 0.361. The molecule has 3 aromatic rings. The van der Waals surface area contributed by atoms with E-state index in [1.807, 2.05) is 39.2 Å². The summed E-state index contributed by atoms with van der Waals surface area (Å²) in [6.45, 7) is 5.60. The largest absolute Gasteiger partial charge is 0.388 e. The first-order valence-corrected chi connectivity index (χ1v) is 10.5. The number of nitrogens with one attached hydrogen (secondary N) is 2. The molecule has 8 heteroatoms. The number of imidazole rings is 1. The lowest BCUT2D eigenvalue weighted by Crippen LogP contribution is -2.41. The molecule has 0 aliphatic carbocycles. The average molecular weight is 423 g/mol. The Morgan fingerprint density at radius 2 is 2.00 bits per heavy atom. The second-order valence-electron chi connectivity index (χ2n) is 7.89. The molecule has 1 aromatic carbocycles. The van der Waals surface area contributed by atoms with Crippen molar-refractivity contribution in [2.45, 2.75) is 32.7 Å². The fraction of sp³-hybridized carbons (Fsp3) is 0.348. The average Bonchev–Trinajstić information content (AvgIpc) is 3.16. The normalized spacial score (nSPS) is 15.0. The van der Waals surface area contributed by atoms with E-state index >= 15 is 0 Å². The topological polar surface area (TPSA) is 74.0 Å². The molecule has 31 heavy (non-hydrogen) atoms. The van der Waals surface area contributed by atoms with Gasteiger partial charge in [-0.15, -0.1) is 0 Å². The first-order valence-electron chi connectivity index (χ1n) is 10.5. The van der Waals surface area contributed by atoms with Gasteiger partial charge in [-0.1, -0.05) is 0 Å². The molecule has 0 spiro atoms. The van der Waals surface area contributed by atoms with E-state index in [9.17, 15) is 9.18 Å². The van der Waals surface area contributed by atoms with Gasteiger partial charge in [0.05, 0.1) is 17.7 Å². The molecule has 0 bridgehead atoms. The van der Waals surface area contributed by atoms with Crippen molar-refractivity contribution in [2.24, 2.45) is 4.99 Å². The number of carbonyl (C=O) groups excluding carboxylic acids is 1. The summed E-state index contributed by atoms with van der Waals surface area (Å²) in [6.07, 6.45) is 7.90. The van der Waals surface area contributed by atoms with E-state index in [1.54, 1.807) is 21.8 Å². The smallest absolute Gasteiger partial charge is 0.215 e. The minimum atomic E-state index is -0.375. The molecule has 0 unspecified atom stereocenters. The predicted octanol–water partition coefficient (Wildman–Crippen LogP) is 3.67. The molecule has 2 aromatic heterocycles. The molecule has 1 amide bonds. The third-order valence-electron chi connectivity index (χ3n) is 5.79. The zero-order chi connectivity index (χ0) is 22.0. The Hall–Kier alpha value is -3.26. The van der Waals surface area contributed by atoms with Crippen molar-refractivity contribution in [3.63, 3.8) is 0 Å². The predicted molar refractivity (Wildman–Crippen MR) is 122 cm³/mol. The summed E-state index contributed by atoms with van der Waals surface area (Å²) < 4.78 is 16.3. The number of aliphatic imine (C=N–C) groups is 1. The van der Waals surface area contributed by atoms with Gasteiger partial charge in [0, 0.05) is 36.7 Å². The number of anilines is 1. The maximum atomic E-state index is 14.6. The molecule has 0 saturated carbocycles. The number of piperidine rings is 1. The number of aryl methyl sites for hydroxylation is 1. The zero-order valence-corrected chi connectivity index (χ0v) is 18.0. The van der Waals surface area contributed by atoms with Crippen molar-refractivity contribution < 1.29 is 9.18 Å². The van der Waals surface area contributed by atoms with E-state index in [0.29, 0.717) is 5.65 Å². The van der Waals surface area contributed by atoms with Crippen molar-refractivity contribution in [3.8, 4) is 11.1 Å². The van der Waals surface area contributed by atoms with Crippen molar-refractivity contribution in [1.82, 2.24) is 19.6 Å². The molecule has 7 nitrogen and oxygen atoms in total. The fourth-order valence-corrected chi connectivity index (χ4v) is 4.04. The van der Waals surface area contributed by atoms with Gasteiger partial charge in [0.1, 0.15) is 0 Å². The summed E-state index contributed by atoms with van der Waals surface area (Å²) in [6, 6.07) is 5.54. The Morgan fingerprint density at radius 3 is 2.71 bits per heavy atom. The van der Waals surface area contributed by atoms with Gasteiger partial charge in [0.25, 0.3) is 0 Å². The minimum Gasteiger partial charge on any atom is -0.388 e. The Kier molecular flexibility index (Phi) is 5.99. The third-order valence-corrected chi connectivity index (χ3v) is 5.79. The molecule has 2 N–H and O–H groups in total. The van der Waals surface area contributed by atoms with E-state index in [0.717, 1.165) is 66.1 Å². The summed E-state index contributed by atoms with van der Waals surface area (Å²) >= 11 is 0. The third kappa shape index (κ3) is 4.29. The highest BCUT2D eigenvalue weighted by molar-refractivity contribution is 5.81. The molecule has 3 heterocycles. The molecule has 1 aliphatic heterocycles. The minimum absolute atomic E-state index is 0.149. The number of nitrogens with zero attached hydrogens (tertiary/aromatic N) is 4. The van der Waals surface area contributed by atoms with E-state index < -0.39 is 0 Å². The summed E-state index contributed by atoms with van der Waals surface area (Å²) in [5.74, 6) is -0.375. The van der Waals surface area contributed by atoms with Crippen LogP contribution >= 0.6 is 0 Å². The number of halogens is 1. The highest BCUT2D eigenvalue weighted by Gasteiger charge is 2.18. The van der Waals surface area contributed by atoms with E-state index in [4.69, 9.17) is 0 Å². The SMILES string of the molecule is CNc1cc(-c2cc(F)c3nc(C)cn3c2)cc(N=CN(C=O)C2CCNCC2)c1C. The van der Waals surface area contributed by atoms with Crippen LogP contribution in [0.2, 0.25) is 0 Å². The van der Waals surface area contributed by atoms with Crippen LogP contribution < -0.4 is 10.6 Å². The number of fused-ring (bicyclic) bond motifs is 1. The van der Waals surface area contributed by atoms with Crippen LogP contribution in [0.1, 0.15) is 24.1 Å². The van der Waals surface area contributed by atoms with Gasteiger partial charge in [0.15, 0.2) is 11.5 Å². The number of amides is 1. The van der Waals surface area contributed by atoms with Gasteiger partial charge in [-0.05, 0) is 69.1 Å². The molecular weight excluding hydrogens is 395 g/mol. The maximum Gasteiger partial charge on any atom is 0.215 e. The van der Waals surface area contributed by atoms with Crippen LogP contribution in [-0.4, -0.2) is 53.2 Å². The van der Waals surface area contributed by atoms with Crippen LogP contribution in [0.3, 0.4) is 0 Å². The van der Waals surface area contributed by atoms with Crippen LogP contribution in [0.5, 0.6) is 0 Å². The number of aromatic nitrogens is 2. The van der Waals surface area contributed by atoms with Gasteiger partial charge in [-0.25, -0.2) is 14.4 Å². The second-order valence-corrected chi connectivity index (χ2v) is 7.89. The lowest BCUT2D eigenvalue weighted by Gasteiger charge is -2.28. The van der Waals surface area contributed by atoms with Crippen LogP contribution in [0.4, 0.5) is 15.8 Å². The zero-order valence-electron chi connectivity index (χ0n) is 18.0. The monoisotopic (exact) mass is 422 g/mol. The first kappa shape index (κ1) is 21.0. The first-order chi connectivity index (χ1) is 15.0. The highest BCUT2D eigenvalue weighted by atomic mass is 19.1. The van der Waals surface area contributed by atoms with E-state index in [-0.39, 0.29) is 11.9 Å². The molecule has 0 radical (unpaired) electrons. The Balaban J connectivity index is 1.72. The molecule has 1 saturated heterocycles. The fourth-order valence-electron chi connectivity index (χ4n) is 4.04. The van der Waals surface area contributed by atoms with Crippen LogP contribution in [0.25, 0.3) is 16.8 Å². The van der Waals surface area contributed by atoms with Crippen LogP contribution in [0.15, 0.2) is 35.6 Å². The van der Waals surface area contributed by atoms with Gasteiger partial charge in [-0.2, -0.15) is 0 Å². The maximum absolute atomic E-state index is 14.6. The highest BCUT2D eigenvalue weighted by Crippen LogP contribution is 2.34. The number of hydrogen-bond acceptors (Lipinski definition) is 5. The number of benzene rings is 1. The van der Waals surface area contributed by atoms with Gasteiger partial charge < -0.3 is 19.9 Å². The lowest BCUT2D eigenvalue weighted by molar-refractivity contribution is -0.116. The van der Waals surface area contributed by atoms with Crippen molar-refractivity contribution in [2.75, 3.05) is 25.5 Å². The van der Waals surface area contributed by atoms with E-state index in [1.165, 1.54) is 6.07 Å². The summed E-state index contributed by atoms with van der Waals surface area (Å²) in [5.41, 5.74) is 5.20. The Bertz CT molecular complexity index is 1130. The standard InChI is InChI=1S/C23H27FN6O/c1-15-11-29-12-18(8-20(24)23(29)28-15)17-9-21(25-3)16(2)22(10-17)27-13-30(14-31)19-4-6-26-7-5-19/h8-14,19,25-26H,4-7H2,1-3H3. The summed E-state index contributed by atoms with van der Waals surface area (Å²) in [4.78, 5) is 22.1. The van der Waals surface area contributed by atoms with Gasteiger partial charge >= 0.3 is 0 Å². The van der Waals surface area contributed by atoms with Gasteiger partial charge in [-0.3, -0.25) is 4.79 Å². The van der Waals surface area contributed by atoms with Crippen molar-refractivity contribution in [3.05, 3.63) is 47.7 Å². The number of rotatable bonds is 6. The Labute approximate surface area is 181 Å². The molecule has 4 rings (SSSR count).